The first-order valence-corrected chi connectivity index (χ1v) is 6.36. The van der Waals surface area contributed by atoms with E-state index >= 15 is 0 Å². The zero-order valence-corrected chi connectivity index (χ0v) is 11.1. The van der Waals surface area contributed by atoms with E-state index in [1.165, 1.54) is 32.4 Å². The number of hydrogen-bond donors (Lipinski definition) is 1. The van der Waals surface area contributed by atoms with Crippen molar-refractivity contribution in [2.24, 2.45) is 5.41 Å². The van der Waals surface area contributed by atoms with Crippen molar-refractivity contribution < 1.29 is 0 Å². The van der Waals surface area contributed by atoms with Gasteiger partial charge in [-0.25, -0.2) is 0 Å². The first kappa shape index (κ1) is 13.0. The minimum Gasteiger partial charge on any atom is -0.316 e. The summed E-state index contributed by atoms with van der Waals surface area (Å²) in [7, 11) is 2.09. The standard InChI is InChI=1S/C13H28N2/c1-11-7-6-9-15(11)10-8-12(14-5)13(2,3)4/h11-12,14H,6-10H2,1-5H3. The molecular weight excluding hydrogens is 184 g/mol. The molecule has 1 fully saturated rings. The Morgan fingerprint density at radius 3 is 2.47 bits per heavy atom. The van der Waals surface area contributed by atoms with Gasteiger partial charge in [-0.1, -0.05) is 20.8 Å². The van der Waals surface area contributed by atoms with E-state index in [1.54, 1.807) is 0 Å². The average Bonchev–Trinajstić information content (AvgIpc) is 2.50. The third-order valence-electron chi connectivity index (χ3n) is 3.79. The Bertz CT molecular complexity index is 183. The number of nitrogens with one attached hydrogen (secondary N) is 1. The van der Waals surface area contributed by atoms with Crippen molar-refractivity contribution in [3.63, 3.8) is 0 Å². The lowest BCUT2D eigenvalue weighted by Gasteiger charge is -2.32. The van der Waals surface area contributed by atoms with E-state index in [9.17, 15) is 0 Å². The SMILES string of the molecule is CNC(CCN1CCCC1C)C(C)(C)C. The highest BCUT2D eigenvalue weighted by molar-refractivity contribution is 4.82. The Labute approximate surface area is 95.4 Å². The van der Waals surface area contributed by atoms with E-state index in [0.29, 0.717) is 11.5 Å². The smallest absolute Gasteiger partial charge is 0.0125 e. The highest BCUT2D eigenvalue weighted by Crippen LogP contribution is 2.23. The van der Waals surface area contributed by atoms with Crippen molar-refractivity contribution in [3.8, 4) is 0 Å². The van der Waals surface area contributed by atoms with Gasteiger partial charge in [0.1, 0.15) is 0 Å². The predicted octanol–water partition coefficient (Wildman–Crippen LogP) is 2.49. The maximum absolute atomic E-state index is 3.45. The third kappa shape index (κ3) is 3.76. The number of rotatable bonds is 4. The maximum atomic E-state index is 3.45. The molecule has 1 rings (SSSR count). The van der Waals surface area contributed by atoms with E-state index in [4.69, 9.17) is 0 Å². The molecule has 1 heterocycles. The van der Waals surface area contributed by atoms with Crippen LogP contribution in [0, 0.1) is 5.41 Å². The highest BCUT2D eigenvalue weighted by atomic mass is 15.2. The fourth-order valence-electron chi connectivity index (χ4n) is 2.63. The van der Waals surface area contributed by atoms with Crippen molar-refractivity contribution >= 4 is 0 Å². The van der Waals surface area contributed by atoms with Crippen LogP contribution >= 0.6 is 0 Å². The summed E-state index contributed by atoms with van der Waals surface area (Å²) in [6, 6.07) is 1.44. The summed E-state index contributed by atoms with van der Waals surface area (Å²) in [6.45, 7) is 11.9. The first-order valence-electron chi connectivity index (χ1n) is 6.36. The van der Waals surface area contributed by atoms with Crippen molar-refractivity contribution in [1.82, 2.24) is 10.2 Å². The lowest BCUT2D eigenvalue weighted by molar-refractivity contribution is 0.207. The van der Waals surface area contributed by atoms with E-state index in [1.807, 2.05) is 0 Å². The fourth-order valence-corrected chi connectivity index (χ4v) is 2.63. The molecule has 2 nitrogen and oxygen atoms in total. The second-order valence-electron chi connectivity index (χ2n) is 6.02. The molecule has 2 heteroatoms. The molecule has 0 radical (unpaired) electrons. The summed E-state index contributed by atoms with van der Waals surface area (Å²) in [5.74, 6) is 0. The average molecular weight is 212 g/mol. The summed E-state index contributed by atoms with van der Waals surface area (Å²) in [5.41, 5.74) is 0.373. The molecule has 0 bridgehead atoms. The lowest BCUT2D eigenvalue weighted by Crippen LogP contribution is -2.41. The molecular formula is C13H28N2. The summed E-state index contributed by atoms with van der Waals surface area (Å²) in [6.07, 6.45) is 4.05. The third-order valence-corrected chi connectivity index (χ3v) is 3.79. The van der Waals surface area contributed by atoms with Gasteiger partial charge in [0.15, 0.2) is 0 Å². The molecule has 2 atom stereocenters. The second-order valence-corrected chi connectivity index (χ2v) is 6.02. The first-order chi connectivity index (χ1) is 6.95. The minimum absolute atomic E-state index is 0.373. The van der Waals surface area contributed by atoms with Crippen LogP contribution in [0.1, 0.15) is 47.0 Å². The van der Waals surface area contributed by atoms with Gasteiger partial charge in [-0.15, -0.1) is 0 Å². The van der Waals surface area contributed by atoms with Gasteiger partial charge < -0.3 is 10.2 Å². The maximum Gasteiger partial charge on any atom is 0.0125 e. The molecule has 1 aliphatic rings. The van der Waals surface area contributed by atoms with Gasteiger partial charge in [-0.05, 0) is 51.7 Å². The van der Waals surface area contributed by atoms with Crippen LogP contribution in [0.15, 0.2) is 0 Å². The Balaban J connectivity index is 2.34. The molecule has 15 heavy (non-hydrogen) atoms. The Kier molecular flexibility index (Phi) is 4.60. The number of likely N-dealkylation sites (tertiary alicyclic amines) is 1. The molecule has 90 valence electrons. The van der Waals surface area contributed by atoms with Crippen molar-refractivity contribution in [1.29, 1.82) is 0 Å². The largest absolute Gasteiger partial charge is 0.316 e. The topological polar surface area (TPSA) is 15.3 Å². The molecule has 0 saturated carbocycles. The summed E-state index contributed by atoms with van der Waals surface area (Å²) >= 11 is 0. The van der Waals surface area contributed by atoms with Gasteiger partial charge in [0.2, 0.25) is 0 Å². The van der Waals surface area contributed by atoms with Crippen LogP contribution in [0.3, 0.4) is 0 Å². The molecule has 1 aliphatic heterocycles. The lowest BCUT2D eigenvalue weighted by atomic mass is 9.85. The van der Waals surface area contributed by atoms with Crippen LogP contribution in [0.25, 0.3) is 0 Å². The van der Waals surface area contributed by atoms with Crippen molar-refractivity contribution in [3.05, 3.63) is 0 Å². The van der Waals surface area contributed by atoms with Gasteiger partial charge in [0, 0.05) is 12.1 Å². The van der Waals surface area contributed by atoms with E-state index in [-0.39, 0.29) is 0 Å². The molecule has 1 N–H and O–H groups in total. The molecule has 0 amide bonds. The van der Waals surface area contributed by atoms with Gasteiger partial charge in [-0.2, -0.15) is 0 Å². The number of nitrogens with zero attached hydrogens (tertiary/aromatic N) is 1. The minimum atomic E-state index is 0.373. The zero-order chi connectivity index (χ0) is 11.5. The molecule has 0 spiro atoms. The second kappa shape index (κ2) is 5.31. The molecule has 2 unspecified atom stereocenters. The Morgan fingerprint density at radius 1 is 1.40 bits per heavy atom. The summed E-state index contributed by atoms with van der Waals surface area (Å²) < 4.78 is 0. The van der Waals surface area contributed by atoms with Gasteiger partial charge in [-0.3, -0.25) is 0 Å². The molecule has 0 aromatic carbocycles. The molecule has 0 aromatic rings. The Hall–Kier alpha value is -0.0800. The van der Waals surface area contributed by atoms with Gasteiger partial charge in [0.05, 0.1) is 0 Å². The normalized spacial score (nSPS) is 25.8. The Morgan fingerprint density at radius 2 is 2.07 bits per heavy atom. The van der Waals surface area contributed by atoms with Crippen LogP contribution in [0.5, 0.6) is 0 Å². The van der Waals surface area contributed by atoms with Gasteiger partial charge in [0.25, 0.3) is 0 Å². The van der Waals surface area contributed by atoms with Crippen LogP contribution in [-0.4, -0.2) is 37.1 Å². The highest BCUT2D eigenvalue weighted by Gasteiger charge is 2.25. The fraction of sp³-hybridized carbons (Fsp3) is 1.00. The van der Waals surface area contributed by atoms with E-state index in [0.717, 1.165) is 6.04 Å². The van der Waals surface area contributed by atoms with Crippen LogP contribution in [0.2, 0.25) is 0 Å². The van der Waals surface area contributed by atoms with Crippen molar-refractivity contribution in [2.75, 3.05) is 20.1 Å². The molecule has 0 aromatic heterocycles. The summed E-state index contributed by atoms with van der Waals surface area (Å²) in [5, 5.41) is 3.45. The van der Waals surface area contributed by atoms with Crippen LogP contribution in [-0.2, 0) is 0 Å². The number of hydrogen-bond acceptors (Lipinski definition) is 2. The monoisotopic (exact) mass is 212 g/mol. The summed E-state index contributed by atoms with van der Waals surface area (Å²) in [4.78, 5) is 2.64. The molecule has 1 saturated heterocycles. The van der Waals surface area contributed by atoms with Gasteiger partial charge >= 0.3 is 0 Å². The zero-order valence-electron chi connectivity index (χ0n) is 11.1. The van der Waals surface area contributed by atoms with E-state index in [2.05, 4.69) is 45.0 Å². The van der Waals surface area contributed by atoms with E-state index < -0.39 is 0 Å². The van der Waals surface area contributed by atoms with Crippen LogP contribution in [0.4, 0.5) is 0 Å². The molecule has 0 aliphatic carbocycles. The quantitative estimate of drug-likeness (QED) is 0.770. The predicted molar refractivity (Wildman–Crippen MR) is 67.2 cm³/mol. The van der Waals surface area contributed by atoms with Crippen molar-refractivity contribution in [2.45, 2.75) is 59.0 Å². The van der Waals surface area contributed by atoms with Crippen LogP contribution < -0.4 is 5.32 Å².